The molecular formula is C19H21ClN6O. The van der Waals surface area contributed by atoms with E-state index in [9.17, 15) is 4.79 Å². The molecule has 2 heterocycles. The van der Waals surface area contributed by atoms with Crippen molar-refractivity contribution in [3.05, 3.63) is 54.1 Å². The average molecular weight is 385 g/mol. The summed E-state index contributed by atoms with van der Waals surface area (Å²) in [5, 5.41) is 12.6. The number of halogens is 1. The van der Waals surface area contributed by atoms with Gasteiger partial charge in [-0.25, -0.2) is 0 Å². The summed E-state index contributed by atoms with van der Waals surface area (Å²) in [6.45, 7) is 2.46. The quantitative estimate of drug-likeness (QED) is 0.701. The van der Waals surface area contributed by atoms with Crippen LogP contribution < -0.4 is 10.6 Å². The maximum atomic E-state index is 13.1. The van der Waals surface area contributed by atoms with Crippen molar-refractivity contribution in [3.63, 3.8) is 0 Å². The highest BCUT2D eigenvalue weighted by atomic mass is 35.5. The maximum Gasteiger partial charge on any atom is 0.253 e. The first-order chi connectivity index (χ1) is 12.6. The van der Waals surface area contributed by atoms with E-state index >= 15 is 0 Å². The van der Waals surface area contributed by atoms with Crippen LogP contribution in [0.3, 0.4) is 0 Å². The van der Waals surface area contributed by atoms with Crippen molar-refractivity contribution >= 4 is 29.7 Å². The number of amides is 1. The number of anilines is 2. The standard InChI is InChI=1S/C19H20N6O.ClH/c1-13(25-22-18(21-23-25)14-7-3-2-4-8-14)19(26)24-12-6-9-15-16(20)10-5-11-17(15)24;/h2-5,7-8,10-11,13H,6,9,12,20H2,1H3;1H. The van der Waals surface area contributed by atoms with E-state index in [0.29, 0.717) is 12.4 Å². The number of hydrogen-bond donors (Lipinski definition) is 1. The first-order valence-electron chi connectivity index (χ1n) is 8.69. The summed E-state index contributed by atoms with van der Waals surface area (Å²) in [6.07, 6.45) is 1.78. The van der Waals surface area contributed by atoms with Gasteiger partial charge >= 0.3 is 0 Å². The van der Waals surface area contributed by atoms with E-state index in [1.54, 1.807) is 11.8 Å². The topological polar surface area (TPSA) is 89.9 Å². The van der Waals surface area contributed by atoms with Crippen molar-refractivity contribution in [2.75, 3.05) is 17.2 Å². The molecule has 1 aromatic heterocycles. The zero-order chi connectivity index (χ0) is 18.1. The molecule has 0 spiro atoms. The summed E-state index contributed by atoms with van der Waals surface area (Å²) >= 11 is 0. The molecule has 3 aromatic rings. The lowest BCUT2D eigenvalue weighted by atomic mass is 9.99. The Kier molecular flexibility index (Phi) is 5.41. The van der Waals surface area contributed by atoms with E-state index in [1.165, 1.54) is 4.80 Å². The smallest absolute Gasteiger partial charge is 0.253 e. The van der Waals surface area contributed by atoms with E-state index in [2.05, 4.69) is 15.4 Å². The Bertz CT molecular complexity index is 942. The average Bonchev–Trinajstić information content (AvgIpc) is 3.18. The zero-order valence-corrected chi connectivity index (χ0v) is 15.8. The molecular weight excluding hydrogens is 364 g/mol. The molecule has 1 amide bonds. The molecule has 4 rings (SSSR count). The van der Waals surface area contributed by atoms with Gasteiger partial charge in [0.1, 0.15) is 6.04 Å². The van der Waals surface area contributed by atoms with Crippen LogP contribution in [-0.4, -0.2) is 32.7 Å². The van der Waals surface area contributed by atoms with Crippen LogP contribution in [0.5, 0.6) is 0 Å². The SMILES string of the molecule is CC(C(=O)N1CCCc2c(N)cccc21)n1nnc(-c2ccccc2)n1.Cl. The van der Waals surface area contributed by atoms with Crippen LogP contribution in [0.15, 0.2) is 48.5 Å². The van der Waals surface area contributed by atoms with Crippen molar-refractivity contribution in [3.8, 4) is 11.4 Å². The molecule has 1 aliphatic heterocycles. The third-order valence-electron chi connectivity index (χ3n) is 4.72. The molecule has 1 atom stereocenters. The molecule has 0 saturated heterocycles. The van der Waals surface area contributed by atoms with E-state index < -0.39 is 6.04 Å². The Balaban J connectivity index is 0.00000210. The molecule has 2 N–H and O–H groups in total. The number of fused-ring (bicyclic) bond motifs is 1. The number of carbonyl (C=O) groups excluding carboxylic acids is 1. The molecule has 1 aliphatic rings. The first kappa shape index (κ1) is 18.8. The number of nitrogens with two attached hydrogens (primary N) is 1. The van der Waals surface area contributed by atoms with Gasteiger partial charge in [0.05, 0.1) is 0 Å². The van der Waals surface area contributed by atoms with Crippen LogP contribution in [0.1, 0.15) is 24.9 Å². The fourth-order valence-corrected chi connectivity index (χ4v) is 3.30. The summed E-state index contributed by atoms with van der Waals surface area (Å²) in [4.78, 5) is 16.2. The second kappa shape index (κ2) is 7.75. The van der Waals surface area contributed by atoms with Crippen molar-refractivity contribution < 1.29 is 4.79 Å². The molecule has 7 nitrogen and oxygen atoms in total. The second-order valence-electron chi connectivity index (χ2n) is 6.41. The summed E-state index contributed by atoms with van der Waals surface area (Å²) in [5.41, 5.74) is 9.61. The number of aromatic nitrogens is 4. The Hall–Kier alpha value is -2.93. The third kappa shape index (κ3) is 3.50. The number of nitrogens with zero attached hydrogens (tertiary/aromatic N) is 5. The molecule has 8 heteroatoms. The van der Waals surface area contributed by atoms with Gasteiger partial charge in [-0.15, -0.1) is 22.6 Å². The summed E-state index contributed by atoms with van der Waals surface area (Å²) in [6, 6.07) is 14.7. The van der Waals surface area contributed by atoms with Crippen molar-refractivity contribution in [1.29, 1.82) is 0 Å². The van der Waals surface area contributed by atoms with Crippen molar-refractivity contribution in [2.45, 2.75) is 25.8 Å². The molecule has 2 aromatic carbocycles. The second-order valence-corrected chi connectivity index (χ2v) is 6.41. The van der Waals surface area contributed by atoms with Crippen molar-refractivity contribution in [2.24, 2.45) is 0 Å². The van der Waals surface area contributed by atoms with Gasteiger partial charge in [0, 0.05) is 23.5 Å². The minimum absolute atomic E-state index is 0. The minimum atomic E-state index is -0.549. The van der Waals surface area contributed by atoms with Gasteiger partial charge in [-0.2, -0.15) is 4.80 Å². The predicted molar refractivity (Wildman–Crippen MR) is 107 cm³/mol. The van der Waals surface area contributed by atoms with Crippen LogP contribution in [0, 0.1) is 0 Å². The Labute approximate surface area is 163 Å². The lowest BCUT2D eigenvalue weighted by Gasteiger charge is -2.31. The van der Waals surface area contributed by atoms with Gasteiger partial charge in [0.25, 0.3) is 5.91 Å². The first-order valence-corrected chi connectivity index (χ1v) is 8.69. The highest BCUT2D eigenvalue weighted by molar-refractivity contribution is 5.97. The van der Waals surface area contributed by atoms with Crippen LogP contribution in [0.2, 0.25) is 0 Å². The van der Waals surface area contributed by atoms with Gasteiger partial charge in [0.2, 0.25) is 5.82 Å². The van der Waals surface area contributed by atoms with Crippen LogP contribution in [-0.2, 0) is 11.2 Å². The van der Waals surface area contributed by atoms with Crippen LogP contribution >= 0.6 is 12.4 Å². The van der Waals surface area contributed by atoms with Crippen LogP contribution in [0.4, 0.5) is 11.4 Å². The normalized spacial score (nSPS) is 14.2. The summed E-state index contributed by atoms with van der Waals surface area (Å²) in [5.74, 6) is 0.446. The lowest BCUT2D eigenvalue weighted by molar-refractivity contribution is -0.122. The fourth-order valence-electron chi connectivity index (χ4n) is 3.30. The third-order valence-corrected chi connectivity index (χ3v) is 4.72. The van der Waals surface area contributed by atoms with Gasteiger partial charge in [0.15, 0.2) is 0 Å². The highest BCUT2D eigenvalue weighted by Gasteiger charge is 2.29. The Morgan fingerprint density at radius 1 is 1.15 bits per heavy atom. The molecule has 1 unspecified atom stereocenters. The molecule has 27 heavy (non-hydrogen) atoms. The molecule has 0 fully saturated rings. The van der Waals surface area contributed by atoms with Crippen molar-refractivity contribution in [1.82, 2.24) is 20.2 Å². The largest absolute Gasteiger partial charge is 0.398 e. The fraction of sp³-hybridized carbons (Fsp3) is 0.263. The van der Waals surface area contributed by atoms with E-state index in [0.717, 1.165) is 35.3 Å². The lowest BCUT2D eigenvalue weighted by Crippen LogP contribution is -2.40. The number of hydrogen-bond acceptors (Lipinski definition) is 5. The molecule has 0 aliphatic carbocycles. The molecule has 0 radical (unpaired) electrons. The zero-order valence-electron chi connectivity index (χ0n) is 14.9. The highest BCUT2D eigenvalue weighted by Crippen LogP contribution is 2.32. The maximum absolute atomic E-state index is 13.1. The minimum Gasteiger partial charge on any atom is -0.398 e. The Morgan fingerprint density at radius 3 is 2.70 bits per heavy atom. The number of benzene rings is 2. The van der Waals surface area contributed by atoms with Gasteiger partial charge < -0.3 is 10.6 Å². The summed E-state index contributed by atoms with van der Waals surface area (Å²) in [7, 11) is 0. The number of carbonyl (C=O) groups is 1. The van der Waals surface area contributed by atoms with Crippen LogP contribution in [0.25, 0.3) is 11.4 Å². The molecule has 0 saturated carbocycles. The number of tetrazole rings is 1. The van der Waals surface area contributed by atoms with Gasteiger partial charge in [-0.05, 0) is 42.7 Å². The molecule has 0 bridgehead atoms. The van der Waals surface area contributed by atoms with Gasteiger partial charge in [-0.3, -0.25) is 4.79 Å². The predicted octanol–water partition coefficient (Wildman–Crippen LogP) is 2.88. The number of rotatable bonds is 3. The van der Waals surface area contributed by atoms with E-state index in [4.69, 9.17) is 5.73 Å². The van der Waals surface area contributed by atoms with E-state index in [-0.39, 0.29) is 18.3 Å². The monoisotopic (exact) mass is 384 g/mol. The Morgan fingerprint density at radius 2 is 1.93 bits per heavy atom. The van der Waals surface area contributed by atoms with Gasteiger partial charge in [-0.1, -0.05) is 36.4 Å². The molecule has 140 valence electrons. The number of nitrogen functional groups attached to an aromatic ring is 1. The van der Waals surface area contributed by atoms with E-state index in [1.807, 2.05) is 48.5 Å². The summed E-state index contributed by atoms with van der Waals surface area (Å²) < 4.78 is 0.